The molecule has 3 N–H and O–H groups in total. The molecular weight excluding hydrogens is 278 g/mol. The summed E-state index contributed by atoms with van der Waals surface area (Å²) in [5, 5.41) is 2.88. The van der Waals surface area contributed by atoms with Crippen molar-refractivity contribution in [3.8, 4) is 5.75 Å². The van der Waals surface area contributed by atoms with Gasteiger partial charge in [-0.15, -0.1) is 0 Å². The number of carbonyl (C=O) groups excluding carboxylic acids is 1. The van der Waals surface area contributed by atoms with Crippen molar-refractivity contribution in [3.05, 3.63) is 29.8 Å². The summed E-state index contributed by atoms with van der Waals surface area (Å²) in [5.41, 5.74) is 6.17. The number of nitrogens with zero attached hydrogens (tertiary/aromatic N) is 1. The van der Waals surface area contributed by atoms with Crippen LogP contribution in [0.4, 0.5) is 0 Å². The van der Waals surface area contributed by atoms with E-state index < -0.39 is 0 Å². The van der Waals surface area contributed by atoms with Gasteiger partial charge in [0.2, 0.25) is 0 Å². The Morgan fingerprint density at radius 3 is 2.45 bits per heavy atom. The highest BCUT2D eigenvalue weighted by Crippen LogP contribution is 2.12. The zero-order chi connectivity index (χ0) is 16.4. The van der Waals surface area contributed by atoms with Crippen LogP contribution in [-0.2, 0) is 0 Å². The molecule has 0 bridgehead atoms. The van der Waals surface area contributed by atoms with Gasteiger partial charge in [-0.2, -0.15) is 0 Å². The lowest BCUT2D eigenvalue weighted by Gasteiger charge is -2.18. The average Bonchev–Trinajstić information content (AvgIpc) is 2.56. The van der Waals surface area contributed by atoms with Gasteiger partial charge in [-0.3, -0.25) is 4.79 Å². The van der Waals surface area contributed by atoms with Crippen molar-refractivity contribution < 1.29 is 9.53 Å². The number of rotatable bonds is 10. The maximum atomic E-state index is 12.0. The largest absolute Gasteiger partial charge is 0.492 e. The van der Waals surface area contributed by atoms with E-state index in [1.165, 1.54) is 0 Å². The van der Waals surface area contributed by atoms with Gasteiger partial charge in [0.1, 0.15) is 12.4 Å². The van der Waals surface area contributed by atoms with Crippen molar-refractivity contribution in [2.24, 2.45) is 11.7 Å². The Balaban J connectivity index is 2.40. The Kier molecular flexibility index (Phi) is 8.55. The van der Waals surface area contributed by atoms with E-state index in [4.69, 9.17) is 10.5 Å². The molecule has 1 aromatic carbocycles. The van der Waals surface area contributed by atoms with Crippen LogP contribution in [0.5, 0.6) is 5.75 Å². The lowest BCUT2D eigenvalue weighted by Crippen LogP contribution is -2.31. The molecule has 0 aromatic heterocycles. The summed E-state index contributed by atoms with van der Waals surface area (Å²) < 4.78 is 5.70. The number of amides is 1. The summed E-state index contributed by atoms with van der Waals surface area (Å²) in [6.07, 6.45) is 0. The number of nitrogens with one attached hydrogen (secondary N) is 1. The molecule has 22 heavy (non-hydrogen) atoms. The average molecular weight is 307 g/mol. The Bertz CT molecular complexity index is 430. The van der Waals surface area contributed by atoms with Crippen LogP contribution in [0.1, 0.15) is 31.1 Å². The standard InChI is InChI=1S/C17H29N3O2/c1-4-20(5-2)10-11-22-16-8-6-15(7-9-16)17(21)19-13-14(3)12-18/h6-9,14H,4-5,10-13,18H2,1-3H3,(H,19,21). The molecule has 1 unspecified atom stereocenters. The third kappa shape index (κ3) is 6.45. The Hall–Kier alpha value is -1.59. The van der Waals surface area contributed by atoms with Crippen molar-refractivity contribution in [1.82, 2.24) is 10.2 Å². The van der Waals surface area contributed by atoms with E-state index in [-0.39, 0.29) is 11.8 Å². The van der Waals surface area contributed by atoms with Crippen LogP contribution in [0.15, 0.2) is 24.3 Å². The fraction of sp³-hybridized carbons (Fsp3) is 0.588. The van der Waals surface area contributed by atoms with Crippen LogP contribution >= 0.6 is 0 Å². The van der Waals surface area contributed by atoms with E-state index in [1.807, 2.05) is 19.1 Å². The van der Waals surface area contributed by atoms with E-state index in [0.717, 1.165) is 25.4 Å². The number of likely N-dealkylation sites (N-methyl/N-ethyl adjacent to an activating group) is 1. The summed E-state index contributed by atoms with van der Waals surface area (Å²) in [5.74, 6) is 1.00. The molecular formula is C17H29N3O2. The Morgan fingerprint density at radius 2 is 1.91 bits per heavy atom. The van der Waals surface area contributed by atoms with Crippen LogP contribution in [0.3, 0.4) is 0 Å². The lowest BCUT2D eigenvalue weighted by molar-refractivity contribution is 0.0948. The van der Waals surface area contributed by atoms with Gasteiger partial charge in [0.15, 0.2) is 0 Å². The highest BCUT2D eigenvalue weighted by molar-refractivity contribution is 5.94. The molecule has 1 amide bonds. The topological polar surface area (TPSA) is 67.6 Å². The Morgan fingerprint density at radius 1 is 1.27 bits per heavy atom. The van der Waals surface area contributed by atoms with Gasteiger partial charge < -0.3 is 20.7 Å². The smallest absolute Gasteiger partial charge is 0.251 e. The molecule has 5 heteroatoms. The van der Waals surface area contributed by atoms with Gasteiger partial charge in [-0.05, 0) is 49.8 Å². The first-order valence-electron chi connectivity index (χ1n) is 8.04. The predicted octanol–water partition coefficient (Wildman–Crippen LogP) is 1.73. The summed E-state index contributed by atoms with van der Waals surface area (Å²) in [4.78, 5) is 14.3. The molecule has 1 atom stereocenters. The van der Waals surface area contributed by atoms with Gasteiger partial charge >= 0.3 is 0 Å². The maximum absolute atomic E-state index is 12.0. The van der Waals surface area contributed by atoms with Crippen molar-refractivity contribution in [2.75, 3.05) is 39.3 Å². The quantitative estimate of drug-likeness (QED) is 0.691. The third-order valence-electron chi connectivity index (χ3n) is 3.70. The maximum Gasteiger partial charge on any atom is 0.251 e. The molecule has 0 fully saturated rings. The first-order chi connectivity index (χ1) is 10.6. The number of hydrogen-bond donors (Lipinski definition) is 2. The zero-order valence-corrected chi connectivity index (χ0v) is 14.0. The molecule has 0 aliphatic carbocycles. The van der Waals surface area contributed by atoms with Gasteiger partial charge in [0.05, 0.1) is 0 Å². The van der Waals surface area contributed by atoms with Crippen LogP contribution in [-0.4, -0.2) is 50.1 Å². The second kappa shape index (κ2) is 10.2. The summed E-state index contributed by atoms with van der Waals surface area (Å²) in [6.45, 7) is 11.1. The molecule has 1 rings (SSSR count). The van der Waals surface area contributed by atoms with Crippen LogP contribution in [0.25, 0.3) is 0 Å². The molecule has 0 saturated heterocycles. The normalized spacial score (nSPS) is 12.2. The first kappa shape index (κ1) is 18.5. The number of ether oxygens (including phenoxy) is 1. The third-order valence-corrected chi connectivity index (χ3v) is 3.70. The summed E-state index contributed by atoms with van der Waals surface area (Å²) in [7, 11) is 0. The summed E-state index contributed by atoms with van der Waals surface area (Å²) >= 11 is 0. The second-order valence-corrected chi connectivity index (χ2v) is 5.45. The Labute approximate surface area is 133 Å². The fourth-order valence-electron chi connectivity index (χ4n) is 1.99. The molecule has 1 aromatic rings. The van der Waals surface area contributed by atoms with E-state index in [9.17, 15) is 4.79 Å². The zero-order valence-electron chi connectivity index (χ0n) is 14.0. The number of hydrogen-bond acceptors (Lipinski definition) is 4. The molecule has 0 saturated carbocycles. The molecule has 0 aliphatic rings. The van der Waals surface area contributed by atoms with Crippen LogP contribution < -0.4 is 15.8 Å². The minimum Gasteiger partial charge on any atom is -0.492 e. The molecule has 0 aliphatic heterocycles. The van der Waals surface area contributed by atoms with Gasteiger partial charge in [-0.25, -0.2) is 0 Å². The van der Waals surface area contributed by atoms with E-state index in [1.54, 1.807) is 12.1 Å². The van der Waals surface area contributed by atoms with Crippen LogP contribution in [0.2, 0.25) is 0 Å². The van der Waals surface area contributed by atoms with Gasteiger partial charge in [-0.1, -0.05) is 20.8 Å². The van der Waals surface area contributed by atoms with E-state index in [0.29, 0.717) is 25.3 Å². The highest BCUT2D eigenvalue weighted by Gasteiger charge is 2.07. The van der Waals surface area contributed by atoms with Crippen molar-refractivity contribution in [2.45, 2.75) is 20.8 Å². The number of benzene rings is 1. The summed E-state index contributed by atoms with van der Waals surface area (Å²) in [6, 6.07) is 7.25. The van der Waals surface area contributed by atoms with Gasteiger partial charge in [0, 0.05) is 18.7 Å². The molecule has 0 spiro atoms. The number of nitrogens with two attached hydrogens (primary N) is 1. The number of carbonyl (C=O) groups is 1. The van der Waals surface area contributed by atoms with Crippen LogP contribution in [0, 0.1) is 5.92 Å². The molecule has 0 heterocycles. The predicted molar refractivity (Wildman–Crippen MR) is 90.3 cm³/mol. The minimum absolute atomic E-state index is 0.0741. The highest BCUT2D eigenvalue weighted by atomic mass is 16.5. The molecule has 0 radical (unpaired) electrons. The molecule has 5 nitrogen and oxygen atoms in total. The monoisotopic (exact) mass is 307 g/mol. The van der Waals surface area contributed by atoms with E-state index in [2.05, 4.69) is 24.1 Å². The van der Waals surface area contributed by atoms with Crippen molar-refractivity contribution in [1.29, 1.82) is 0 Å². The van der Waals surface area contributed by atoms with E-state index >= 15 is 0 Å². The SMILES string of the molecule is CCN(CC)CCOc1ccc(C(=O)NCC(C)CN)cc1. The lowest BCUT2D eigenvalue weighted by atomic mass is 10.1. The molecule has 124 valence electrons. The first-order valence-corrected chi connectivity index (χ1v) is 8.04. The van der Waals surface area contributed by atoms with Crippen molar-refractivity contribution in [3.63, 3.8) is 0 Å². The minimum atomic E-state index is -0.0741. The second-order valence-electron chi connectivity index (χ2n) is 5.45. The van der Waals surface area contributed by atoms with Crippen molar-refractivity contribution >= 4 is 5.91 Å². The fourth-order valence-corrected chi connectivity index (χ4v) is 1.99. The van der Waals surface area contributed by atoms with Gasteiger partial charge in [0.25, 0.3) is 5.91 Å².